The molecule has 1 saturated carbocycles. The predicted molar refractivity (Wildman–Crippen MR) is 86.6 cm³/mol. The van der Waals surface area contributed by atoms with Crippen LogP contribution >= 0.6 is 0 Å². The van der Waals surface area contributed by atoms with Gasteiger partial charge in [-0.2, -0.15) is 0 Å². The Morgan fingerprint density at radius 1 is 0.895 bits per heavy atom. The molecule has 0 aromatic heterocycles. The fourth-order valence-corrected chi connectivity index (χ4v) is 4.03. The second-order valence-corrected chi connectivity index (χ2v) is 6.59. The maximum Gasteiger partial charge on any atom is 0.0123 e. The molecule has 1 rings (SSSR count). The van der Waals surface area contributed by atoms with Gasteiger partial charge in [-0.25, -0.2) is 0 Å². The van der Waals surface area contributed by atoms with Crippen molar-refractivity contribution in [2.75, 3.05) is 6.54 Å². The van der Waals surface area contributed by atoms with Crippen molar-refractivity contribution in [1.82, 2.24) is 5.32 Å². The minimum absolute atomic E-state index is 0.638. The van der Waals surface area contributed by atoms with Gasteiger partial charge in [0.1, 0.15) is 0 Å². The topological polar surface area (TPSA) is 12.0 Å². The maximum atomic E-state index is 3.82. The van der Waals surface area contributed by atoms with E-state index in [9.17, 15) is 0 Å². The summed E-state index contributed by atoms with van der Waals surface area (Å²) in [5.41, 5.74) is 0.638. The van der Waals surface area contributed by atoms with E-state index < -0.39 is 0 Å². The van der Waals surface area contributed by atoms with Crippen molar-refractivity contribution in [3.63, 3.8) is 0 Å². The van der Waals surface area contributed by atoms with Crippen LogP contribution in [0.3, 0.4) is 0 Å². The molecular weight excluding hydrogens is 230 g/mol. The highest BCUT2D eigenvalue weighted by Crippen LogP contribution is 2.45. The first-order valence-electron chi connectivity index (χ1n) is 9.02. The average molecular weight is 268 g/mol. The van der Waals surface area contributed by atoms with Crippen molar-refractivity contribution in [2.24, 2.45) is 5.41 Å². The molecule has 0 bridgehead atoms. The molecule has 0 heterocycles. The molecule has 0 amide bonds. The molecule has 0 aromatic carbocycles. The van der Waals surface area contributed by atoms with E-state index >= 15 is 0 Å². The van der Waals surface area contributed by atoms with Crippen LogP contribution < -0.4 is 5.32 Å². The van der Waals surface area contributed by atoms with Crippen LogP contribution in [-0.2, 0) is 0 Å². The third kappa shape index (κ3) is 5.45. The maximum absolute atomic E-state index is 3.82. The van der Waals surface area contributed by atoms with Crippen LogP contribution in [0.1, 0.15) is 97.8 Å². The second-order valence-electron chi connectivity index (χ2n) is 6.59. The third-order valence-electron chi connectivity index (χ3n) is 5.34. The highest BCUT2D eigenvalue weighted by atomic mass is 14.9. The summed E-state index contributed by atoms with van der Waals surface area (Å²) in [5, 5.41) is 3.82. The number of unbranched alkanes of at least 4 members (excludes halogenated alkanes) is 5. The molecular formula is C18H37N. The minimum Gasteiger partial charge on any atom is -0.314 e. The first-order chi connectivity index (χ1) is 9.29. The Morgan fingerprint density at radius 3 is 2.11 bits per heavy atom. The molecule has 114 valence electrons. The minimum atomic E-state index is 0.638. The van der Waals surface area contributed by atoms with E-state index in [1.54, 1.807) is 0 Å². The molecule has 1 atom stereocenters. The normalized spacial score (nSPS) is 19.7. The largest absolute Gasteiger partial charge is 0.314 e. The fourth-order valence-electron chi connectivity index (χ4n) is 4.03. The Hall–Kier alpha value is -0.0400. The van der Waals surface area contributed by atoms with Crippen molar-refractivity contribution in [3.8, 4) is 0 Å². The first kappa shape index (κ1) is 17.0. The fraction of sp³-hybridized carbons (Fsp3) is 1.00. The zero-order valence-corrected chi connectivity index (χ0v) is 13.8. The lowest BCUT2D eigenvalue weighted by molar-refractivity contribution is 0.175. The number of hydrogen-bond donors (Lipinski definition) is 1. The Balaban J connectivity index is 2.31. The highest BCUT2D eigenvalue weighted by Gasteiger charge is 2.38. The predicted octanol–water partition coefficient (Wildman–Crippen LogP) is 5.69. The van der Waals surface area contributed by atoms with Gasteiger partial charge in [-0.15, -0.1) is 0 Å². The molecule has 1 fully saturated rings. The van der Waals surface area contributed by atoms with E-state index in [2.05, 4.69) is 26.1 Å². The van der Waals surface area contributed by atoms with E-state index in [-0.39, 0.29) is 0 Å². The van der Waals surface area contributed by atoms with E-state index in [0.29, 0.717) is 5.41 Å². The third-order valence-corrected chi connectivity index (χ3v) is 5.34. The molecule has 0 radical (unpaired) electrons. The van der Waals surface area contributed by atoms with Crippen LogP contribution in [0.15, 0.2) is 0 Å². The summed E-state index contributed by atoms with van der Waals surface area (Å²) in [6.45, 7) is 8.12. The molecule has 1 aliphatic carbocycles. The highest BCUT2D eigenvalue weighted by molar-refractivity contribution is 4.93. The van der Waals surface area contributed by atoms with Gasteiger partial charge in [0.05, 0.1) is 0 Å². The van der Waals surface area contributed by atoms with E-state index in [0.717, 1.165) is 12.6 Å². The summed E-state index contributed by atoms with van der Waals surface area (Å²) in [6.07, 6.45) is 17.2. The molecule has 0 spiro atoms. The molecule has 0 saturated heterocycles. The summed E-state index contributed by atoms with van der Waals surface area (Å²) >= 11 is 0. The van der Waals surface area contributed by atoms with Gasteiger partial charge in [0, 0.05) is 6.04 Å². The number of nitrogens with one attached hydrogen (secondary N) is 1. The van der Waals surface area contributed by atoms with Gasteiger partial charge in [0.2, 0.25) is 0 Å². The van der Waals surface area contributed by atoms with Crippen LogP contribution in [0, 0.1) is 5.41 Å². The standard InChI is InChI=1S/C18H37N/c1-4-7-8-9-10-11-14-17(19-6-3)18(5-2)15-12-13-16-18/h17,19H,4-16H2,1-3H3. The lowest BCUT2D eigenvalue weighted by Gasteiger charge is -2.38. The van der Waals surface area contributed by atoms with Crippen LogP contribution in [0.2, 0.25) is 0 Å². The van der Waals surface area contributed by atoms with Crippen molar-refractivity contribution < 1.29 is 0 Å². The summed E-state index contributed by atoms with van der Waals surface area (Å²) in [7, 11) is 0. The van der Waals surface area contributed by atoms with Crippen LogP contribution in [0.4, 0.5) is 0 Å². The van der Waals surface area contributed by atoms with Crippen molar-refractivity contribution in [1.29, 1.82) is 0 Å². The first-order valence-corrected chi connectivity index (χ1v) is 9.02. The quantitative estimate of drug-likeness (QED) is 0.474. The van der Waals surface area contributed by atoms with Gasteiger partial charge in [-0.1, -0.05) is 72.1 Å². The molecule has 0 aromatic rings. The van der Waals surface area contributed by atoms with E-state index in [1.807, 2.05) is 0 Å². The molecule has 1 aliphatic rings. The Bertz CT molecular complexity index is 206. The molecule has 1 N–H and O–H groups in total. The second kappa shape index (κ2) is 9.80. The number of hydrogen-bond acceptors (Lipinski definition) is 1. The Kier molecular flexibility index (Phi) is 8.77. The summed E-state index contributed by atoms with van der Waals surface area (Å²) in [5.74, 6) is 0. The van der Waals surface area contributed by atoms with E-state index in [4.69, 9.17) is 0 Å². The van der Waals surface area contributed by atoms with Gasteiger partial charge in [-0.05, 0) is 37.6 Å². The Morgan fingerprint density at radius 2 is 1.53 bits per heavy atom. The summed E-state index contributed by atoms with van der Waals surface area (Å²) in [4.78, 5) is 0. The number of rotatable bonds is 11. The summed E-state index contributed by atoms with van der Waals surface area (Å²) < 4.78 is 0. The van der Waals surface area contributed by atoms with Gasteiger partial charge >= 0.3 is 0 Å². The Labute approximate surface area is 121 Å². The molecule has 19 heavy (non-hydrogen) atoms. The van der Waals surface area contributed by atoms with Gasteiger partial charge < -0.3 is 5.32 Å². The van der Waals surface area contributed by atoms with Gasteiger partial charge in [-0.3, -0.25) is 0 Å². The van der Waals surface area contributed by atoms with Crippen molar-refractivity contribution >= 4 is 0 Å². The van der Waals surface area contributed by atoms with Gasteiger partial charge in [0.15, 0.2) is 0 Å². The zero-order valence-electron chi connectivity index (χ0n) is 13.8. The SMILES string of the molecule is CCCCCCCCC(NCC)C1(CC)CCCC1. The summed E-state index contributed by atoms with van der Waals surface area (Å²) in [6, 6.07) is 0.788. The van der Waals surface area contributed by atoms with Crippen LogP contribution in [0.25, 0.3) is 0 Å². The average Bonchev–Trinajstić information content (AvgIpc) is 2.91. The van der Waals surface area contributed by atoms with Crippen molar-refractivity contribution in [2.45, 2.75) is 104 Å². The van der Waals surface area contributed by atoms with Crippen molar-refractivity contribution in [3.05, 3.63) is 0 Å². The lowest BCUT2D eigenvalue weighted by atomic mass is 9.74. The molecule has 1 nitrogen and oxygen atoms in total. The van der Waals surface area contributed by atoms with Crippen LogP contribution in [-0.4, -0.2) is 12.6 Å². The van der Waals surface area contributed by atoms with E-state index in [1.165, 1.54) is 77.0 Å². The molecule has 0 aliphatic heterocycles. The van der Waals surface area contributed by atoms with Crippen LogP contribution in [0.5, 0.6) is 0 Å². The molecule has 1 unspecified atom stereocenters. The van der Waals surface area contributed by atoms with Gasteiger partial charge in [0.25, 0.3) is 0 Å². The zero-order chi connectivity index (χ0) is 14.0. The monoisotopic (exact) mass is 267 g/mol. The smallest absolute Gasteiger partial charge is 0.0123 e. The molecule has 1 heteroatoms. The lowest BCUT2D eigenvalue weighted by Crippen LogP contribution is -2.43.